The minimum absolute atomic E-state index is 0.0443. The number of aryl methyl sites for hydroxylation is 1. The predicted molar refractivity (Wildman–Crippen MR) is 114 cm³/mol. The number of carbonyl (C=O) groups is 1. The second kappa shape index (κ2) is 11.2. The minimum atomic E-state index is -0.992. The number of carboxylic acids is 1. The molecule has 0 aliphatic rings. The Hall–Kier alpha value is -3.01. The lowest BCUT2D eigenvalue weighted by atomic mass is 10.1. The normalized spacial score (nSPS) is 12.8. The van der Waals surface area contributed by atoms with Crippen molar-refractivity contribution in [1.29, 1.82) is 0 Å². The summed E-state index contributed by atoms with van der Waals surface area (Å²) in [6, 6.07) is 12.5. The van der Waals surface area contributed by atoms with Gasteiger partial charge in [-0.05, 0) is 56.2 Å². The van der Waals surface area contributed by atoms with Gasteiger partial charge in [0.05, 0.1) is 11.7 Å². The average molecular weight is 412 g/mol. The van der Waals surface area contributed by atoms with Crippen LogP contribution in [-0.4, -0.2) is 47.7 Å². The van der Waals surface area contributed by atoms with Crippen molar-refractivity contribution in [3.63, 3.8) is 0 Å². The molecule has 0 aromatic heterocycles. The Balaban J connectivity index is 1.83. The summed E-state index contributed by atoms with van der Waals surface area (Å²) >= 11 is 0. The Kier molecular flexibility index (Phi) is 8.72. The van der Waals surface area contributed by atoms with Gasteiger partial charge in [0.1, 0.15) is 30.8 Å². The SMILES string of the molecule is C#Cc1cc(C)ccc1OCC(O)COc1ccc(CC(OC(C)C)C(=O)O)cc1. The maximum Gasteiger partial charge on any atom is 0.333 e. The number of rotatable bonds is 11. The van der Waals surface area contributed by atoms with E-state index in [4.69, 9.17) is 20.6 Å². The molecule has 0 saturated carbocycles. The molecule has 0 spiro atoms. The van der Waals surface area contributed by atoms with Crippen LogP contribution in [0.15, 0.2) is 42.5 Å². The fourth-order valence-electron chi connectivity index (χ4n) is 2.77. The first-order valence-corrected chi connectivity index (χ1v) is 9.76. The van der Waals surface area contributed by atoms with Gasteiger partial charge in [0, 0.05) is 6.42 Å². The first-order valence-electron chi connectivity index (χ1n) is 9.76. The average Bonchev–Trinajstić information content (AvgIpc) is 2.71. The van der Waals surface area contributed by atoms with Gasteiger partial charge in [0.2, 0.25) is 0 Å². The number of hydrogen-bond acceptors (Lipinski definition) is 5. The van der Waals surface area contributed by atoms with E-state index in [1.54, 1.807) is 44.2 Å². The highest BCUT2D eigenvalue weighted by molar-refractivity contribution is 5.72. The zero-order chi connectivity index (χ0) is 22.1. The van der Waals surface area contributed by atoms with Crippen LogP contribution in [0.4, 0.5) is 0 Å². The van der Waals surface area contributed by atoms with Crippen molar-refractivity contribution in [2.24, 2.45) is 0 Å². The molecule has 0 fully saturated rings. The zero-order valence-electron chi connectivity index (χ0n) is 17.5. The summed E-state index contributed by atoms with van der Waals surface area (Å²) in [5.74, 6) is 2.69. The van der Waals surface area contributed by atoms with Crippen LogP contribution < -0.4 is 9.47 Å². The van der Waals surface area contributed by atoms with Gasteiger partial charge in [-0.15, -0.1) is 6.42 Å². The summed E-state index contributed by atoms with van der Waals surface area (Å²) in [5.41, 5.74) is 2.49. The third-order valence-corrected chi connectivity index (χ3v) is 4.22. The van der Waals surface area contributed by atoms with Gasteiger partial charge < -0.3 is 24.4 Å². The summed E-state index contributed by atoms with van der Waals surface area (Å²) in [6.45, 7) is 5.63. The van der Waals surface area contributed by atoms with Gasteiger partial charge in [-0.1, -0.05) is 24.1 Å². The van der Waals surface area contributed by atoms with Crippen molar-refractivity contribution in [1.82, 2.24) is 0 Å². The second-order valence-electron chi connectivity index (χ2n) is 7.28. The number of carboxylic acid groups (broad SMARTS) is 1. The lowest BCUT2D eigenvalue weighted by Crippen LogP contribution is -2.29. The first kappa shape index (κ1) is 23.3. The summed E-state index contributed by atoms with van der Waals surface area (Å²) in [6.07, 6.45) is 3.84. The van der Waals surface area contributed by atoms with Gasteiger partial charge in [-0.2, -0.15) is 0 Å². The number of terminal acetylenes is 1. The lowest BCUT2D eigenvalue weighted by molar-refractivity contribution is -0.153. The number of benzene rings is 2. The molecule has 2 aromatic rings. The Morgan fingerprint density at radius 1 is 1.10 bits per heavy atom. The van der Waals surface area contributed by atoms with Crippen molar-refractivity contribution < 1.29 is 29.2 Å². The van der Waals surface area contributed by atoms with Crippen LogP contribution >= 0.6 is 0 Å². The Morgan fingerprint density at radius 3 is 2.37 bits per heavy atom. The van der Waals surface area contributed by atoms with Crippen LogP contribution in [-0.2, 0) is 16.0 Å². The van der Waals surface area contributed by atoms with Crippen LogP contribution in [0.2, 0.25) is 0 Å². The maximum absolute atomic E-state index is 11.3. The van der Waals surface area contributed by atoms with Gasteiger partial charge in [-0.25, -0.2) is 4.79 Å². The molecule has 6 nitrogen and oxygen atoms in total. The summed E-state index contributed by atoms with van der Waals surface area (Å²) in [4.78, 5) is 11.3. The summed E-state index contributed by atoms with van der Waals surface area (Å²) in [7, 11) is 0. The fourth-order valence-corrected chi connectivity index (χ4v) is 2.77. The molecule has 2 N–H and O–H groups in total. The van der Waals surface area contributed by atoms with E-state index < -0.39 is 18.2 Å². The second-order valence-corrected chi connectivity index (χ2v) is 7.28. The van der Waals surface area contributed by atoms with Crippen LogP contribution in [0.3, 0.4) is 0 Å². The highest BCUT2D eigenvalue weighted by Crippen LogP contribution is 2.19. The molecular formula is C24H28O6. The largest absolute Gasteiger partial charge is 0.491 e. The quantitative estimate of drug-likeness (QED) is 0.551. The molecule has 160 valence electrons. The molecule has 2 aromatic carbocycles. The Morgan fingerprint density at radius 2 is 1.77 bits per heavy atom. The van der Waals surface area contributed by atoms with Crippen molar-refractivity contribution in [3.05, 3.63) is 59.2 Å². The van der Waals surface area contributed by atoms with Gasteiger partial charge in [0.25, 0.3) is 0 Å². The highest BCUT2D eigenvalue weighted by Gasteiger charge is 2.20. The van der Waals surface area contributed by atoms with Crippen molar-refractivity contribution in [3.8, 4) is 23.8 Å². The summed E-state index contributed by atoms with van der Waals surface area (Å²) < 4.78 is 16.6. The van der Waals surface area contributed by atoms with Crippen molar-refractivity contribution >= 4 is 5.97 Å². The topological polar surface area (TPSA) is 85.2 Å². The zero-order valence-corrected chi connectivity index (χ0v) is 17.5. The lowest BCUT2D eigenvalue weighted by Gasteiger charge is -2.17. The van der Waals surface area contributed by atoms with Crippen molar-refractivity contribution in [2.75, 3.05) is 13.2 Å². The van der Waals surface area contributed by atoms with Crippen LogP contribution in [0, 0.1) is 19.3 Å². The Bertz CT molecular complexity index is 866. The van der Waals surface area contributed by atoms with E-state index in [0.29, 0.717) is 17.1 Å². The molecule has 0 aliphatic heterocycles. The molecule has 2 rings (SSSR count). The molecule has 6 heteroatoms. The van der Waals surface area contributed by atoms with E-state index in [1.165, 1.54) is 0 Å². The summed E-state index contributed by atoms with van der Waals surface area (Å²) in [5, 5.41) is 19.4. The van der Waals surface area contributed by atoms with E-state index in [0.717, 1.165) is 11.1 Å². The molecule has 30 heavy (non-hydrogen) atoms. The fraction of sp³-hybridized carbons (Fsp3) is 0.375. The third-order valence-electron chi connectivity index (χ3n) is 4.22. The van der Waals surface area contributed by atoms with Crippen molar-refractivity contribution in [2.45, 2.75) is 45.5 Å². The molecule has 0 bridgehead atoms. The number of aliphatic carboxylic acids is 1. The predicted octanol–water partition coefficient (Wildman–Crippen LogP) is 3.22. The molecule has 0 heterocycles. The van der Waals surface area contributed by atoms with E-state index in [-0.39, 0.29) is 25.7 Å². The van der Waals surface area contributed by atoms with E-state index in [9.17, 15) is 15.0 Å². The highest BCUT2D eigenvalue weighted by atomic mass is 16.5. The standard InChI is InChI=1S/C24H28O6/c1-5-19-12-17(4)6-11-22(19)29-15-20(25)14-28-21-9-7-18(8-10-21)13-23(24(26)27)30-16(2)3/h1,6-12,16,20,23,25H,13-15H2,2-4H3,(H,26,27). The number of hydrogen-bond donors (Lipinski definition) is 2. The molecule has 0 aliphatic carbocycles. The van der Waals surface area contributed by atoms with Gasteiger partial charge in [0.15, 0.2) is 6.10 Å². The number of aliphatic hydroxyl groups is 1. The molecule has 2 unspecified atom stereocenters. The smallest absolute Gasteiger partial charge is 0.333 e. The number of aliphatic hydroxyl groups excluding tert-OH is 1. The molecule has 0 radical (unpaired) electrons. The third kappa shape index (κ3) is 7.43. The van der Waals surface area contributed by atoms with Gasteiger partial charge in [-0.3, -0.25) is 0 Å². The molecule has 2 atom stereocenters. The van der Waals surface area contributed by atoms with E-state index in [2.05, 4.69) is 5.92 Å². The minimum Gasteiger partial charge on any atom is -0.491 e. The number of ether oxygens (including phenoxy) is 3. The maximum atomic E-state index is 11.3. The Labute approximate surface area is 177 Å². The molecule has 0 amide bonds. The van der Waals surface area contributed by atoms with E-state index in [1.807, 2.05) is 19.1 Å². The van der Waals surface area contributed by atoms with Crippen LogP contribution in [0.5, 0.6) is 11.5 Å². The molecular weight excluding hydrogens is 384 g/mol. The van der Waals surface area contributed by atoms with Crippen LogP contribution in [0.25, 0.3) is 0 Å². The monoisotopic (exact) mass is 412 g/mol. The van der Waals surface area contributed by atoms with Gasteiger partial charge >= 0.3 is 5.97 Å². The first-order chi connectivity index (χ1) is 14.3. The van der Waals surface area contributed by atoms with Crippen LogP contribution in [0.1, 0.15) is 30.5 Å². The molecule has 0 saturated heterocycles. The van der Waals surface area contributed by atoms with E-state index >= 15 is 0 Å².